The molecule has 1 fully saturated rings. The van der Waals surface area contributed by atoms with E-state index in [1.807, 2.05) is 13.0 Å². The van der Waals surface area contributed by atoms with Crippen molar-refractivity contribution in [2.75, 3.05) is 13.1 Å². The Balaban J connectivity index is 0.00000128. The number of likely N-dealkylation sites (tertiary alicyclic amines) is 1. The first-order valence-electron chi connectivity index (χ1n) is 5.55. The van der Waals surface area contributed by atoms with Crippen LogP contribution in [0, 0.1) is 12.8 Å². The van der Waals surface area contributed by atoms with E-state index in [1.54, 1.807) is 0 Å². The average molecular weight is 246 g/mol. The lowest BCUT2D eigenvalue weighted by molar-refractivity contribution is 0.294. The maximum Gasteiger partial charge on any atom is 0.133 e. The summed E-state index contributed by atoms with van der Waals surface area (Å²) >= 11 is 0. The molecule has 92 valence electrons. The van der Waals surface area contributed by atoms with Crippen molar-refractivity contribution in [1.29, 1.82) is 0 Å². The zero-order valence-electron chi connectivity index (χ0n) is 9.85. The largest absolute Gasteiger partial charge is 0.361 e. The van der Waals surface area contributed by atoms with Gasteiger partial charge in [-0.2, -0.15) is 0 Å². The van der Waals surface area contributed by atoms with Crippen LogP contribution in [0.15, 0.2) is 10.6 Å². The maximum atomic E-state index is 5.90. The van der Waals surface area contributed by atoms with E-state index in [1.165, 1.54) is 6.42 Å². The minimum absolute atomic E-state index is 0. The Morgan fingerprint density at radius 2 is 2.44 bits per heavy atom. The van der Waals surface area contributed by atoms with Crippen LogP contribution in [0.5, 0.6) is 0 Å². The molecular weight excluding hydrogens is 226 g/mol. The van der Waals surface area contributed by atoms with Gasteiger partial charge >= 0.3 is 0 Å². The normalized spacial score (nSPS) is 23.1. The predicted octanol–water partition coefficient (Wildman–Crippen LogP) is 1.57. The highest BCUT2D eigenvalue weighted by Gasteiger charge is 2.25. The summed E-state index contributed by atoms with van der Waals surface area (Å²) in [5, 5.41) is 4.00. The molecule has 2 unspecified atom stereocenters. The van der Waals surface area contributed by atoms with Crippen LogP contribution < -0.4 is 5.73 Å². The van der Waals surface area contributed by atoms with Crippen LogP contribution in [0.3, 0.4) is 0 Å². The first-order chi connectivity index (χ1) is 7.15. The Bertz CT molecular complexity index is 327. The van der Waals surface area contributed by atoms with Crippen LogP contribution in [0.4, 0.5) is 0 Å². The third-order valence-electron chi connectivity index (χ3n) is 3.11. The molecule has 0 amide bonds. The van der Waals surface area contributed by atoms with Crippen LogP contribution in [0.25, 0.3) is 0 Å². The van der Waals surface area contributed by atoms with Gasteiger partial charge in [-0.25, -0.2) is 0 Å². The van der Waals surface area contributed by atoms with E-state index in [0.29, 0.717) is 12.0 Å². The van der Waals surface area contributed by atoms with Crippen molar-refractivity contribution >= 4 is 12.4 Å². The molecule has 0 aliphatic carbocycles. The SMILES string of the molecule is Cc1cc(CN2CCC(C(C)N)C2)no1.Cl. The van der Waals surface area contributed by atoms with E-state index >= 15 is 0 Å². The van der Waals surface area contributed by atoms with E-state index < -0.39 is 0 Å². The maximum absolute atomic E-state index is 5.90. The zero-order chi connectivity index (χ0) is 10.8. The molecule has 2 rings (SSSR count). The van der Waals surface area contributed by atoms with E-state index in [-0.39, 0.29) is 12.4 Å². The number of nitrogens with zero attached hydrogens (tertiary/aromatic N) is 2. The summed E-state index contributed by atoms with van der Waals surface area (Å²) in [5.74, 6) is 1.52. The summed E-state index contributed by atoms with van der Waals surface area (Å²) < 4.78 is 5.05. The standard InChI is InChI=1S/C11H19N3O.ClH/c1-8-5-11(13-15-8)7-14-4-3-10(6-14)9(2)12;/h5,9-10H,3-4,6-7,12H2,1-2H3;1H. The van der Waals surface area contributed by atoms with Crippen LogP contribution in [-0.2, 0) is 6.54 Å². The predicted molar refractivity (Wildman–Crippen MR) is 65.5 cm³/mol. The fourth-order valence-electron chi connectivity index (χ4n) is 2.16. The fraction of sp³-hybridized carbons (Fsp3) is 0.727. The summed E-state index contributed by atoms with van der Waals surface area (Å²) in [6, 6.07) is 2.30. The topological polar surface area (TPSA) is 55.3 Å². The zero-order valence-corrected chi connectivity index (χ0v) is 10.7. The van der Waals surface area contributed by atoms with E-state index in [9.17, 15) is 0 Å². The number of nitrogens with two attached hydrogens (primary N) is 1. The van der Waals surface area contributed by atoms with Crippen molar-refractivity contribution in [2.24, 2.45) is 11.7 Å². The van der Waals surface area contributed by atoms with Gasteiger partial charge in [0.15, 0.2) is 0 Å². The molecule has 2 N–H and O–H groups in total. The number of hydrogen-bond acceptors (Lipinski definition) is 4. The van der Waals surface area contributed by atoms with Gasteiger partial charge in [0.25, 0.3) is 0 Å². The Kier molecular flexibility index (Phi) is 4.77. The Hall–Kier alpha value is -0.580. The minimum atomic E-state index is 0. The summed E-state index contributed by atoms with van der Waals surface area (Å²) in [4.78, 5) is 2.39. The lowest BCUT2D eigenvalue weighted by Crippen LogP contribution is -2.29. The van der Waals surface area contributed by atoms with Gasteiger partial charge in [0.1, 0.15) is 5.76 Å². The number of aryl methyl sites for hydroxylation is 1. The molecule has 2 atom stereocenters. The molecule has 1 aromatic rings. The van der Waals surface area contributed by atoms with Crippen molar-refractivity contribution in [3.63, 3.8) is 0 Å². The monoisotopic (exact) mass is 245 g/mol. The summed E-state index contributed by atoms with van der Waals surface area (Å²) in [6.45, 7) is 7.11. The van der Waals surface area contributed by atoms with Crippen molar-refractivity contribution in [2.45, 2.75) is 32.9 Å². The van der Waals surface area contributed by atoms with Gasteiger partial charge in [-0.3, -0.25) is 4.90 Å². The van der Waals surface area contributed by atoms with Gasteiger partial charge < -0.3 is 10.3 Å². The lowest BCUT2D eigenvalue weighted by Gasteiger charge is -2.16. The van der Waals surface area contributed by atoms with Crippen molar-refractivity contribution < 1.29 is 4.52 Å². The molecule has 0 radical (unpaired) electrons. The molecular formula is C11H20ClN3O. The molecule has 1 aliphatic heterocycles. The molecule has 1 aromatic heterocycles. The number of aromatic nitrogens is 1. The summed E-state index contributed by atoms with van der Waals surface area (Å²) in [6.07, 6.45) is 1.20. The van der Waals surface area contributed by atoms with Gasteiger partial charge in [-0.1, -0.05) is 5.16 Å². The number of halogens is 1. The summed E-state index contributed by atoms with van der Waals surface area (Å²) in [7, 11) is 0. The first-order valence-corrected chi connectivity index (χ1v) is 5.55. The Morgan fingerprint density at radius 1 is 1.69 bits per heavy atom. The van der Waals surface area contributed by atoms with Crippen molar-refractivity contribution in [1.82, 2.24) is 10.1 Å². The molecule has 0 aromatic carbocycles. The molecule has 0 saturated carbocycles. The van der Waals surface area contributed by atoms with Crippen molar-refractivity contribution in [3.8, 4) is 0 Å². The molecule has 5 heteroatoms. The highest BCUT2D eigenvalue weighted by molar-refractivity contribution is 5.85. The number of hydrogen-bond donors (Lipinski definition) is 1. The van der Waals surface area contributed by atoms with Gasteiger partial charge in [0.05, 0.1) is 5.69 Å². The van der Waals surface area contributed by atoms with Crippen molar-refractivity contribution in [3.05, 3.63) is 17.5 Å². The van der Waals surface area contributed by atoms with Gasteiger partial charge in [-0.05, 0) is 32.7 Å². The fourth-order valence-corrected chi connectivity index (χ4v) is 2.16. The molecule has 16 heavy (non-hydrogen) atoms. The Morgan fingerprint density at radius 3 is 2.94 bits per heavy atom. The molecule has 0 spiro atoms. The number of rotatable bonds is 3. The highest BCUT2D eigenvalue weighted by atomic mass is 35.5. The van der Waals surface area contributed by atoms with Gasteiger partial charge in [0, 0.05) is 25.2 Å². The molecule has 1 aliphatic rings. The highest BCUT2D eigenvalue weighted by Crippen LogP contribution is 2.20. The third-order valence-corrected chi connectivity index (χ3v) is 3.11. The molecule has 1 saturated heterocycles. The second-order valence-electron chi connectivity index (χ2n) is 4.57. The van der Waals surface area contributed by atoms with Crippen LogP contribution in [-0.4, -0.2) is 29.2 Å². The van der Waals surface area contributed by atoms with Crippen LogP contribution >= 0.6 is 12.4 Å². The molecule has 0 bridgehead atoms. The third kappa shape index (κ3) is 3.20. The van der Waals surface area contributed by atoms with Crippen LogP contribution in [0.2, 0.25) is 0 Å². The Labute approximate surface area is 103 Å². The second-order valence-corrected chi connectivity index (χ2v) is 4.57. The van der Waals surface area contributed by atoms with E-state index in [2.05, 4.69) is 17.0 Å². The van der Waals surface area contributed by atoms with E-state index in [4.69, 9.17) is 10.3 Å². The lowest BCUT2D eigenvalue weighted by atomic mass is 10.0. The summed E-state index contributed by atoms with van der Waals surface area (Å²) in [5.41, 5.74) is 6.92. The van der Waals surface area contributed by atoms with Gasteiger partial charge in [-0.15, -0.1) is 12.4 Å². The first kappa shape index (κ1) is 13.5. The van der Waals surface area contributed by atoms with Gasteiger partial charge in [0.2, 0.25) is 0 Å². The second kappa shape index (κ2) is 5.66. The molecule has 4 nitrogen and oxygen atoms in total. The quantitative estimate of drug-likeness (QED) is 0.879. The van der Waals surface area contributed by atoms with Crippen LogP contribution in [0.1, 0.15) is 24.8 Å². The smallest absolute Gasteiger partial charge is 0.133 e. The van der Waals surface area contributed by atoms with E-state index in [0.717, 1.165) is 31.1 Å². The minimum Gasteiger partial charge on any atom is -0.361 e. The molecule has 2 heterocycles. The average Bonchev–Trinajstić information content (AvgIpc) is 2.76.